The van der Waals surface area contributed by atoms with E-state index in [1.165, 1.54) is 0 Å². The molecule has 0 aromatic heterocycles. The highest BCUT2D eigenvalue weighted by molar-refractivity contribution is 7.17. The standard InChI is InChI=1S/C5H13NO2P.C3H8O3/c1-6(2,3)4-5-8-9-7;4-1-3(6)2-5/h4-5H2,1-3H3;3-6H,1-2H2/q+1;. The molecule has 0 aliphatic rings. The first kappa shape index (κ1) is 17.3. The Hall–Kier alpha value is -0.100. The van der Waals surface area contributed by atoms with Crippen molar-refractivity contribution in [3.05, 3.63) is 0 Å². The van der Waals surface area contributed by atoms with Gasteiger partial charge in [0.1, 0.15) is 19.3 Å². The van der Waals surface area contributed by atoms with Crippen molar-refractivity contribution in [1.82, 2.24) is 0 Å². The summed E-state index contributed by atoms with van der Waals surface area (Å²) in [6.07, 6.45) is -0.954. The van der Waals surface area contributed by atoms with E-state index in [0.29, 0.717) is 6.61 Å². The average molecular weight is 242 g/mol. The Balaban J connectivity index is 0. The van der Waals surface area contributed by atoms with Crippen LogP contribution in [0, 0.1) is 0 Å². The Morgan fingerprint density at radius 3 is 1.93 bits per heavy atom. The summed E-state index contributed by atoms with van der Waals surface area (Å²) < 4.78 is 15.2. The zero-order chi connectivity index (χ0) is 12.3. The average Bonchev–Trinajstić information content (AvgIpc) is 2.16. The van der Waals surface area contributed by atoms with E-state index in [1.54, 1.807) is 0 Å². The number of rotatable bonds is 6. The van der Waals surface area contributed by atoms with E-state index in [-0.39, 0.29) is 21.9 Å². The van der Waals surface area contributed by atoms with Crippen LogP contribution in [0.5, 0.6) is 0 Å². The molecule has 0 radical (unpaired) electrons. The molecule has 0 amide bonds. The molecule has 15 heavy (non-hydrogen) atoms. The fraction of sp³-hybridized carbons (Fsp3) is 1.00. The Bertz CT molecular complexity index is 146. The molecule has 0 bridgehead atoms. The molecule has 0 rings (SSSR count). The third-order valence-corrected chi connectivity index (χ3v) is 1.62. The lowest BCUT2D eigenvalue weighted by Crippen LogP contribution is -2.37. The zero-order valence-electron chi connectivity index (χ0n) is 9.46. The number of aliphatic hydroxyl groups is 3. The molecular weight excluding hydrogens is 221 g/mol. The Morgan fingerprint density at radius 2 is 1.73 bits per heavy atom. The van der Waals surface area contributed by atoms with E-state index in [1.807, 2.05) is 0 Å². The molecule has 3 N–H and O–H groups in total. The SMILES string of the molecule is C[N+](C)(C)CCOP=O.OCC(O)CO. The molecule has 0 heterocycles. The van der Waals surface area contributed by atoms with Gasteiger partial charge < -0.3 is 19.8 Å². The first-order valence-corrected chi connectivity index (χ1v) is 5.25. The fourth-order valence-corrected chi connectivity index (χ4v) is 0.566. The molecule has 0 saturated carbocycles. The van der Waals surface area contributed by atoms with E-state index in [4.69, 9.17) is 15.3 Å². The van der Waals surface area contributed by atoms with Gasteiger partial charge in [0.15, 0.2) is 0 Å². The molecule has 0 atom stereocenters. The smallest absolute Gasteiger partial charge is 0.327 e. The maximum Gasteiger partial charge on any atom is 0.327 e. The molecule has 0 spiro atoms. The van der Waals surface area contributed by atoms with Crippen LogP contribution in [-0.4, -0.2) is 73.4 Å². The molecule has 0 aromatic rings. The highest BCUT2D eigenvalue weighted by Gasteiger charge is 2.04. The second-order valence-electron chi connectivity index (χ2n) is 3.94. The fourth-order valence-electron chi connectivity index (χ4n) is 0.410. The van der Waals surface area contributed by atoms with Gasteiger partial charge in [-0.1, -0.05) is 0 Å². The van der Waals surface area contributed by atoms with E-state index in [0.717, 1.165) is 11.0 Å². The molecule has 92 valence electrons. The van der Waals surface area contributed by atoms with Crippen LogP contribution in [-0.2, 0) is 9.09 Å². The molecule has 6 nitrogen and oxygen atoms in total. The van der Waals surface area contributed by atoms with Gasteiger partial charge in [-0.3, -0.25) is 4.52 Å². The predicted molar refractivity (Wildman–Crippen MR) is 56.6 cm³/mol. The highest BCUT2D eigenvalue weighted by Crippen LogP contribution is 1.96. The van der Waals surface area contributed by atoms with Crippen LogP contribution in [0.2, 0.25) is 0 Å². The summed E-state index contributed by atoms with van der Waals surface area (Å²) in [7, 11) is 5.96. The topological polar surface area (TPSA) is 87.0 Å². The molecule has 0 aliphatic heterocycles. The summed E-state index contributed by atoms with van der Waals surface area (Å²) in [5.41, 5.74) is 0. The van der Waals surface area contributed by atoms with Crippen molar-refractivity contribution in [2.75, 3.05) is 47.5 Å². The number of hydrogen-bond acceptors (Lipinski definition) is 5. The van der Waals surface area contributed by atoms with Gasteiger partial charge in [0.05, 0.1) is 34.4 Å². The summed E-state index contributed by atoms with van der Waals surface area (Å²) in [4.78, 5) is 0. The molecule has 7 heteroatoms. The normalized spacial score (nSPS) is 11.4. The maximum atomic E-state index is 9.76. The van der Waals surface area contributed by atoms with Gasteiger partial charge in [-0.15, -0.1) is 0 Å². The van der Waals surface area contributed by atoms with E-state index < -0.39 is 6.10 Å². The van der Waals surface area contributed by atoms with Gasteiger partial charge in [-0.2, -0.15) is 0 Å². The lowest BCUT2D eigenvalue weighted by Gasteiger charge is -2.22. The molecule has 0 aromatic carbocycles. The molecule has 0 unspecified atom stereocenters. The Labute approximate surface area is 92.0 Å². The van der Waals surface area contributed by atoms with E-state index >= 15 is 0 Å². The van der Waals surface area contributed by atoms with Crippen molar-refractivity contribution >= 4 is 8.69 Å². The molecular formula is C8H21NO5P+. The first-order valence-electron chi connectivity index (χ1n) is 4.52. The predicted octanol–water partition coefficient (Wildman–Crippen LogP) is -0.752. The minimum absolute atomic E-state index is 0.217. The van der Waals surface area contributed by atoms with Gasteiger partial charge >= 0.3 is 8.69 Å². The number of quaternary nitrogens is 1. The third-order valence-electron chi connectivity index (χ3n) is 1.33. The third kappa shape index (κ3) is 20.1. The quantitative estimate of drug-likeness (QED) is 0.324. The minimum Gasteiger partial charge on any atom is -0.394 e. The largest absolute Gasteiger partial charge is 0.394 e. The summed E-state index contributed by atoms with van der Waals surface area (Å²) in [5.74, 6) is 0. The second-order valence-corrected chi connectivity index (χ2v) is 4.35. The van der Waals surface area contributed by atoms with Crippen molar-refractivity contribution in [1.29, 1.82) is 0 Å². The minimum atomic E-state index is -0.954. The van der Waals surface area contributed by atoms with Gasteiger partial charge in [-0.25, -0.2) is 4.57 Å². The first-order chi connectivity index (χ1) is 6.87. The summed E-state index contributed by atoms with van der Waals surface area (Å²) >= 11 is 0. The van der Waals surface area contributed by atoms with Crippen molar-refractivity contribution in [2.45, 2.75) is 6.10 Å². The number of likely N-dealkylation sites (N-methyl/N-ethyl adjacent to an activating group) is 1. The van der Waals surface area contributed by atoms with Gasteiger partial charge in [-0.05, 0) is 0 Å². The van der Waals surface area contributed by atoms with Crippen molar-refractivity contribution in [3.63, 3.8) is 0 Å². The summed E-state index contributed by atoms with van der Waals surface area (Å²) in [6.45, 7) is 0.705. The van der Waals surface area contributed by atoms with Gasteiger partial charge in [0, 0.05) is 0 Å². The lowest BCUT2D eigenvalue weighted by molar-refractivity contribution is -0.870. The molecule has 0 aliphatic carbocycles. The second kappa shape index (κ2) is 10.4. The van der Waals surface area contributed by atoms with Crippen molar-refractivity contribution in [3.8, 4) is 0 Å². The van der Waals surface area contributed by atoms with Gasteiger partial charge in [0.25, 0.3) is 0 Å². The van der Waals surface area contributed by atoms with Crippen molar-refractivity contribution < 1.29 is 28.9 Å². The Morgan fingerprint density at radius 1 is 1.27 bits per heavy atom. The number of aliphatic hydroxyl groups excluding tert-OH is 3. The summed E-state index contributed by atoms with van der Waals surface area (Å²) in [5, 5.41) is 24.0. The van der Waals surface area contributed by atoms with Gasteiger partial charge in [0.2, 0.25) is 0 Å². The van der Waals surface area contributed by atoms with Crippen LogP contribution in [0.4, 0.5) is 0 Å². The van der Waals surface area contributed by atoms with Crippen molar-refractivity contribution in [2.24, 2.45) is 0 Å². The zero-order valence-corrected chi connectivity index (χ0v) is 10.4. The van der Waals surface area contributed by atoms with Crippen LogP contribution in [0.1, 0.15) is 0 Å². The molecule has 0 fully saturated rings. The van der Waals surface area contributed by atoms with E-state index in [2.05, 4.69) is 25.7 Å². The number of hydrogen-bond donors (Lipinski definition) is 3. The van der Waals surface area contributed by atoms with E-state index in [9.17, 15) is 4.57 Å². The molecule has 0 saturated heterocycles. The van der Waals surface area contributed by atoms with Crippen LogP contribution >= 0.6 is 8.69 Å². The maximum absolute atomic E-state index is 9.76. The van der Waals surface area contributed by atoms with Crippen LogP contribution < -0.4 is 0 Å². The number of nitrogens with zero attached hydrogens (tertiary/aromatic N) is 1. The highest BCUT2D eigenvalue weighted by atomic mass is 31.1. The van der Waals surface area contributed by atoms with Crippen LogP contribution in [0.3, 0.4) is 0 Å². The Kier molecular flexibility index (Phi) is 12.0. The summed E-state index contributed by atoms with van der Waals surface area (Å²) in [6, 6.07) is 0. The lowest BCUT2D eigenvalue weighted by atomic mass is 10.4. The van der Waals surface area contributed by atoms with Crippen LogP contribution in [0.15, 0.2) is 0 Å². The van der Waals surface area contributed by atoms with Crippen LogP contribution in [0.25, 0.3) is 0 Å². The monoisotopic (exact) mass is 242 g/mol.